The summed E-state index contributed by atoms with van der Waals surface area (Å²) in [4.78, 5) is 13.8. The highest BCUT2D eigenvalue weighted by Crippen LogP contribution is 2.17. The number of nitrogens with one attached hydrogen (secondary N) is 1. The molecule has 8 heteroatoms. The van der Waals surface area contributed by atoms with Crippen LogP contribution in [0.5, 0.6) is 0 Å². The zero-order valence-corrected chi connectivity index (χ0v) is 11.4. The van der Waals surface area contributed by atoms with E-state index in [1.165, 1.54) is 0 Å². The van der Waals surface area contributed by atoms with Crippen LogP contribution in [-0.2, 0) is 9.53 Å². The molecule has 20 heavy (non-hydrogen) atoms. The standard InChI is InChI=1S/C12H22F3N3O2/c13-12(14,15)9-20-7-6-18-5-1-2-10(8-18)11(19)17-4-3-16/h10H,1-9,16H2,(H,17,19). The van der Waals surface area contributed by atoms with Crippen molar-refractivity contribution in [2.75, 3.05) is 45.9 Å². The van der Waals surface area contributed by atoms with E-state index in [0.29, 0.717) is 26.2 Å². The molecule has 0 aromatic heterocycles. The summed E-state index contributed by atoms with van der Waals surface area (Å²) in [6, 6.07) is 0. The lowest BCUT2D eigenvalue weighted by molar-refractivity contribution is -0.174. The van der Waals surface area contributed by atoms with Gasteiger partial charge in [-0.25, -0.2) is 0 Å². The van der Waals surface area contributed by atoms with Gasteiger partial charge < -0.3 is 20.7 Å². The zero-order chi connectivity index (χ0) is 15.0. The molecule has 0 bridgehead atoms. The minimum atomic E-state index is -4.29. The fraction of sp³-hybridized carbons (Fsp3) is 0.917. The van der Waals surface area contributed by atoms with Crippen LogP contribution in [0.2, 0.25) is 0 Å². The van der Waals surface area contributed by atoms with E-state index in [2.05, 4.69) is 10.1 Å². The van der Waals surface area contributed by atoms with Crippen molar-refractivity contribution in [2.45, 2.75) is 19.0 Å². The predicted octanol–water partition coefficient (Wildman–Crippen LogP) is 0.352. The van der Waals surface area contributed by atoms with Gasteiger partial charge in [0.25, 0.3) is 0 Å². The van der Waals surface area contributed by atoms with Gasteiger partial charge in [-0.15, -0.1) is 0 Å². The normalized spacial score (nSPS) is 20.9. The number of carbonyl (C=O) groups excluding carboxylic acids is 1. The highest BCUT2D eigenvalue weighted by atomic mass is 19.4. The summed E-state index contributed by atoms with van der Waals surface area (Å²) in [5.74, 6) is -0.144. The molecule has 0 aromatic carbocycles. The molecule has 118 valence electrons. The number of alkyl halides is 3. The van der Waals surface area contributed by atoms with Crippen molar-refractivity contribution < 1.29 is 22.7 Å². The van der Waals surface area contributed by atoms with Crippen molar-refractivity contribution in [3.63, 3.8) is 0 Å². The largest absolute Gasteiger partial charge is 0.411 e. The van der Waals surface area contributed by atoms with Crippen LogP contribution in [0.25, 0.3) is 0 Å². The second kappa shape index (κ2) is 8.43. The van der Waals surface area contributed by atoms with Gasteiger partial charge in [0.1, 0.15) is 6.61 Å². The average Bonchev–Trinajstić information content (AvgIpc) is 2.40. The van der Waals surface area contributed by atoms with Gasteiger partial charge in [0.2, 0.25) is 5.91 Å². The van der Waals surface area contributed by atoms with E-state index in [9.17, 15) is 18.0 Å². The second-order valence-electron chi connectivity index (χ2n) is 4.89. The molecule has 1 saturated heterocycles. The molecule has 5 nitrogen and oxygen atoms in total. The Kier molecular flexibility index (Phi) is 7.25. The molecule has 1 unspecified atom stereocenters. The summed E-state index contributed by atoms with van der Waals surface area (Å²) < 4.78 is 40.3. The number of amides is 1. The van der Waals surface area contributed by atoms with Gasteiger partial charge >= 0.3 is 6.18 Å². The maximum atomic E-state index is 11.9. The van der Waals surface area contributed by atoms with E-state index in [4.69, 9.17) is 5.73 Å². The minimum absolute atomic E-state index is 0.0245. The van der Waals surface area contributed by atoms with Gasteiger partial charge in [0, 0.05) is 26.2 Å². The predicted molar refractivity (Wildman–Crippen MR) is 68.1 cm³/mol. The van der Waals surface area contributed by atoms with E-state index in [1.54, 1.807) is 0 Å². The van der Waals surface area contributed by atoms with Crippen LogP contribution in [0.15, 0.2) is 0 Å². The Morgan fingerprint density at radius 2 is 2.20 bits per heavy atom. The molecule has 1 atom stereocenters. The molecule has 0 aromatic rings. The fourth-order valence-corrected chi connectivity index (χ4v) is 2.19. The lowest BCUT2D eigenvalue weighted by atomic mass is 9.97. The Morgan fingerprint density at radius 1 is 1.45 bits per heavy atom. The monoisotopic (exact) mass is 297 g/mol. The Hall–Kier alpha value is -0.860. The van der Waals surface area contributed by atoms with Crippen LogP contribution in [0.1, 0.15) is 12.8 Å². The number of hydrogen-bond donors (Lipinski definition) is 2. The van der Waals surface area contributed by atoms with Crippen LogP contribution in [0.4, 0.5) is 13.2 Å². The van der Waals surface area contributed by atoms with E-state index in [0.717, 1.165) is 19.4 Å². The molecule has 1 fully saturated rings. The SMILES string of the molecule is NCCNC(=O)C1CCCN(CCOCC(F)(F)F)C1. The second-order valence-corrected chi connectivity index (χ2v) is 4.89. The Bertz CT molecular complexity index is 300. The summed E-state index contributed by atoms with van der Waals surface area (Å²) in [7, 11) is 0. The first-order chi connectivity index (χ1) is 9.42. The van der Waals surface area contributed by atoms with Crippen LogP contribution >= 0.6 is 0 Å². The molecule has 1 aliphatic rings. The number of likely N-dealkylation sites (tertiary alicyclic amines) is 1. The maximum Gasteiger partial charge on any atom is 0.411 e. The van der Waals surface area contributed by atoms with Gasteiger partial charge in [0.05, 0.1) is 12.5 Å². The van der Waals surface area contributed by atoms with Crippen molar-refractivity contribution in [3.8, 4) is 0 Å². The van der Waals surface area contributed by atoms with Crippen molar-refractivity contribution in [3.05, 3.63) is 0 Å². The number of carbonyl (C=O) groups is 1. The lowest BCUT2D eigenvalue weighted by Crippen LogP contribution is -2.45. The first kappa shape index (κ1) is 17.2. The number of nitrogens with two attached hydrogens (primary N) is 1. The number of nitrogens with zero attached hydrogens (tertiary/aromatic N) is 1. The first-order valence-corrected chi connectivity index (χ1v) is 6.77. The van der Waals surface area contributed by atoms with Crippen LogP contribution in [0.3, 0.4) is 0 Å². The molecule has 1 rings (SSSR count). The molecule has 0 saturated carbocycles. The third kappa shape index (κ3) is 7.06. The summed E-state index contributed by atoms with van der Waals surface area (Å²) in [5, 5.41) is 2.74. The molecule has 1 aliphatic heterocycles. The topological polar surface area (TPSA) is 67.6 Å². The number of halogens is 3. The fourth-order valence-electron chi connectivity index (χ4n) is 2.19. The number of hydrogen-bond acceptors (Lipinski definition) is 4. The van der Waals surface area contributed by atoms with Gasteiger partial charge in [-0.05, 0) is 19.4 Å². The van der Waals surface area contributed by atoms with Crippen LogP contribution in [0, 0.1) is 5.92 Å². The van der Waals surface area contributed by atoms with Crippen molar-refractivity contribution >= 4 is 5.91 Å². The van der Waals surface area contributed by atoms with E-state index >= 15 is 0 Å². The minimum Gasteiger partial charge on any atom is -0.371 e. The third-order valence-corrected chi connectivity index (χ3v) is 3.14. The first-order valence-electron chi connectivity index (χ1n) is 6.77. The highest BCUT2D eigenvalue weighted by molar-refractivity contribution is 5.78. The number of piperidine rings is 1. The quantitative estimate of drug-likeness (QED) is 0.666. The number of ether oxygens (including phenoxy) is 1. The summed E-state index contributed by atoms with van der Waals surface area (Å²) in [6.45, 7) is 1.41. The number of rotatable bonds is 7. The molecule has 0 spiro atoms. The molecule has 0 aliphatic carbocycles. The Morgan fingerprint density at radius 3 is 2.85 bits per heavy atom. The zero-order valence-electron chi connectivity index (χ0n) is 11.4. The lowest BCUT2D eigenvalue weighted by Gasteiger charge is -2.31. The van der Waals surface area contributed by atoms with Crippen LogP contribution < -0.4 is 11.1 Å². The Balaban J connectivity index is 2.22. The average molecular weight is 297 g/mol. The van der Waals surface area contributed by atoms with E-state index < -0.39 is 12.8 Å². The molecule has 3 N–H and O–H groups in total. The smallest absolute Gasteiger partial charge is 0.371 e. The highest BCUT2D eigenvalue weighted by Gasteiger charge is 2.28. The molecule has 0 radical (unpaired) electrons. The molecule has 1 amide bonds. The molecular weight excluding hydrogens is 275 g/mol. The molecular formula is C12H22F3N3O2. The van der Waals surface area contributed by atoms with Crippen LogP contribution in [-0.4, -0.2) is 62.9 Å². The summed E-state index contributed by atoms with van der Waals surface area (Å²) in [5.41, 5.74) is 5.32. The maximum absolute atomic E-state index is 11.9. The van der Waals surface area contributed by atoms with Crippen molar-refractivity contribution in [1.29, 1.82) is 0 Å². The molecule has 1 heterocycles. The van der Waals surface area contributed by atoms with Gasteiger partial charge in [-0.3, -0.25) is 4.79 Å². The van der Waals surface area contributed by atoms with Gasteiger partial charge in [0.15, 0.2) is 0 Å². The van der Waals surface area contributed by atoms with E-state index in [-0.39, 0.29) is 18.4 Å². The van der Waals surface area contributed by atoms with Gasteiger partial charge in [-0.1, -0.05) is 0 Å². The third-order valence-electron chi connectivity index (χ3n) is 3.14. The van der Waals surface area contributed by atoms with E-state index in [1.807, 2.05) is 4.90 Å². The Labute approximate surface area is 116 Å². The van der Waals surface area contributed by atoms with Crippen molar-refractivity contribution in [2.24, 2.45) is 11.7 Å². The van der Waals surface area contributed by atoms with Gasteiger partial charge in [-0.2, -0.15) is 13.2 Å². The summed E-state index contributed by atoms with van der Waals surface area (Å²) >= 11 is 0. The summed E-state index contributed by atoms with van der Waals surface area (Å²) in [6.07, 6.45) is -2.62. The van der Waals surface area contributed by atoms with Crippen molar-refractivity contribution in [1.82, 2.24) is 10.2 Å².